The van der Waals surface area contributed by atoms with Crippen LogP contribution < -0.4 is 5.43 Å². The van der Waals surface area contributed by atoms with Gasteiger partial charge in [0.2, 0.25) is 5.13 Å². The number of hydrazone groups is 1. The van der Waals surface area contributed by atoms with Gasteiger partial charge in [-0.3, -0.25) is 15.5 Å². The molecular formula is C16H11BrN4O2S. The van der Waals surface area contributed by atoms with Gasteiger partial charge in [-0.25, -0.2) is 4.98 Å². The average molecular weight is 403 g/mol. The second kappa shape index (κ2) is 7.33. The number of rotatable bonds is 5. The molecule has 1 aromatic heterocycles. The van der Waals surface area contributed by atoms with Crippen LogP contribution in [0, 0.1) is 10.1 Å². The number of halogens is 1. The molecule has 8 heteroatoms. The van der Waals surface area contributed by atoms with Crippen LogP contribution in [0.2, 0.25) is 0 Å². The minimum Gasteiger partial charge on any atom is -0.258 e. The van der Waals surface area contributed by atoms with Crippen molar-refractivity contribution in [3.63, 3.8) is 0 Å². The fourth-order valence-corrected chi connectivity index (χ4v) is 3.03. The number of aromatic nitrogens is 1. The molecule has 0 amide bonds. The maximum atomic E-state index is 10.8. The highest BCUT2D eigenvalue weighted by molar-refractivity contribution is 9.10. The van der Waals surface area contributed by atoms with E-state index in [1.165, 1.54) is 23.5 Å². The number of non-ortho nitro benzene ring substituents is 1. The van der Waals surface area contributed by atoms with Crippen LogP contribution in [0.1, 0.15) is 5.56 Å². The molecule has 24 heavy (non-hydrogen) atoms. The molecule has 0 bridgehead atoms. The molecule has 0 aliphatic heterocycles. The number of thiazole rings is 1. The Kier molecular flexibility index (Phi) is 4.97. The lowest BCUT2D eigenvalue weighted by molar-refractivity contribution is -0.384. The molecule has 6 nitrogen and oxygen atoms in total. The van der Waals surface area contributed by atoms with E-state index >= 15 is 0 Å². The zero-order valence-electron chi connectivity index (χ0n) is 12.2. The molecule has 3 aromatic rings. The number of benzene rings is 2. The summed E-state index contributed by atoms with van der Waals surface area (Å²) in [7, 11) is 0. The summed E-state index contributed by atoms with van der Waals surface area (Å²) in [5.41, 5.74) is 5.22. The zero-order valence-corrected chi connectivity index (χ0v) is 14.6. The lowest BCUT2D eigenvalue weighted by Crippen LogP contribution is -1.91. The quantitative estimate of drug-likeness (QED) is 0.372. The number of hydrogen-bond acceptors (Lipinski definition) is 6. The van der Waals surface area contributed by atoms with Crippen LogP contribution in [-0.4, -0.2) is 16.1 Å². The minimum atomic E-state index is -0.420. The summed E-state index contributed by atoms with van der Waals surface area (Å²) in [4.78, 5) is 14.8. The standard InChI is InChI=1S/C16H11BrN4O2S/c17-14-7-2-1-4-12(14)9-18-20-16-19-15(10-24-16)11-5-3-6-13(8-11)21(22)23/h1-10H,(H,19,20)/b18-9+. The van der Waals surface area contributed by atoms with Crippen LogP contribution >= 0.6 is 27.3 Å². The topological polar surface area (TPSA) is 80.4 Å². The first-order chi connectivity index (χ1) is 11.6. The van der Waals surface area contributed by atoms with Gasteiger partial charge in [-0.2, -0.15) is 5.10 Å². The Bertz CT molecular complexity index is 910. The lowest BCUT2D eigenvalue weighted by Gasteiger charge is -1.98. The fraction of sp³-hybridized carbons (Fsp3) is 0. The fourth-order valence-electron chi connectivity index (χ4n) is 1.97. The van der Waals surface area contributed by atoms with E-state index in [2.05, 4.69) is 31.4 Å². The van der Waals surface area contributed by atoms with Gasteiger partial charge in [0.1, 0.15) is 0 Å². The second-order valence-corrected chi connectivity index (χ2v) is 6.45. The Labute approximate surface area is 150 Å². The summed E-state index contributed by atoms with van der Waals surface area (Å²) in [6.45, 7) is 0. The summed E-state index contributed by atoms with van der Waals surface area (Å²) in [5, 5.41) is 17.4. The Morgan fingerprint density at radius 1 is 1.25 bits per heavy atom. The summed E-state index contributed by atoms with van der Waals surface area (Å²) in [5.74, 6) is 0. The van der Waals surface area contributed by atoms with E-state index < -0.39 is 4.92 Å². The van der Waals surface area contributed by atoms with E-state index in [1.54, 1.807) is 18.3 Å². The van der Waals surface area contributed by atoms with E-state index in [0.717, 1.165) is 10.0 Å². The highest BCUT2D eigenvalue weighted by Gasteiger charge is 2.09. The van der Waals surface area contributed by atoms with E-state index in [-0.39, 0.29) is 5.69 Å². The summed E-state index contributed by atoms with van der Waals surface area (Å²) < 4.78 is 0.951. The molecule has 0 spiro atoms. The molecule has 1 N–H and O–H groups in total. The van der Waals surface area contributed by atoms with Gasteiger partial charge in [-0.05, 0) is 6.07 Å². The normalized spacial score (nSPS) is 10.9. The maximum Gasteiger partial charge on any atom is 0.270 e. The van der Waals surface area contributed by atoms with Crippen LogP contribution in [0.3, 0.4) is 0 Å². The molecule has 0 fully saturated rings. The van der Waals surface area contributed by atoms with Crippen LogP contribution in [-0.2, 0) is 0 Å². The van der Waals surface area contributed by atoms with Gasteiger partial charge in [0.05, 0.1) is 16.8 Å². The Hall–Kier alpha value is -2.58. The Morgan fingerprint density at radius 2 is 2.08 bits per heavy atom. The van der Waals surface area contributed by atoms with E-state index in [1.807, 2.05) is 29.6 Å². The van der Waals surface area contributed by atoms with Crippen molar-refractivity contribution >= 4 is 44.3 Å². The number of nitro groups is 1. The number of hydrogen-bond donors (Lipinski definition) is 1. The molecule has 0 aliphatic rings. The van der Waals surface area contributed by atoms with Crippen molar-refractivity contribution in [2.24, 2.45) is 5.10 Å². The number of anilines is 1. The number of nitrogens with zero attached hydrogens (tertiary/aromatic N) is 3. The summed E-state index contributed by atoms with van der Waals surface area (Å²) in [6.07, 6.45) is 1.69. The number of nitrogens with one attached hydrogen (secondary N) is 1. The predicted molar refractivity (Wildman–Crippen MR) is 99.6 cm³/mol. The van der Waals surface area contributed by atoms with Crippen molar-refractivity contribution in [3.8, 4) is 11.3 Å². The van der Waals surface area contributed by atoms with Gasteiger partial charge < -0.3 is 0 Å². The highest BCUT2D eigenvalue weighted by atomic mass is 79.9. The SMILES string of the molecule is O=[N+]([O-])c1cccc(-c2csc(N/N=C/c3ccccc3Br)n2)c1. The maximum absolute atomic E-state index is 10.8. The van der Waals surface area contributed by atoms with Gasteiger partial charge in [0.15, 0.2) is 0 Å². The van der Waals surface area contributed by atoms with Crippen LogP contribution in [0.25, 0.3) is 11.3 Å². The molecular weight excluding hydrogens is 392 g/mol. The summed E-state index contributed by atoms with van der Waals surface area (Å²) in [6, 6.07) is 14.1. The Balaban J connectivity index is 1.73. The third-order valence-electron chi connectivity index (χ3n) is 3.13. The predicted octanol–water partition coefficient (Wildman–Crippen LogP) is 4.93. The molecule has 0 saturated heterocycles. The van der Waals surface area contributed by atoms with Crippen molar-refractivity contribution in [2.45, 2.75) is 0 Å². The average Bonchev–Trinajstić information content (AvgIpc) is 3.06. The van der Waals surface area contributed by atoms with E-state index in [9.17, 15) is 10.1 Å². The monoisotopic (exact) mass is 402 g/mol. The molecule has 0 aliphatic carbocycles. The van der Waals surface area contributed by atoms with Gasteiger partial charge in [0, 0.05) is 33.1 Å². The Morgan fingerprint density at radius 3 is 2.88 bits per heavy atom. The van der Waals surface area contributed by atoms with Crippen molar-refractivity contribution < 1.29 is 4.92 Å². The molecule has 3 rings (SSSR count). The second-order valence-electron chi connectivity index (χ2n) is 4.74. The van der Waals surface area contributed by atoms with Crippen molar-refractivity contribution in [2.75, 3.05) is 5.43 Å². The smallest absolute Gasteiger partial charge is 0.258 e. The molecule has 120 valence electrons. The molecule has 2 aromatic carbocycles. The van der Waals surface area contributed by atoms with Gasteiger partial charge in [0.25, 0.3) is 5.69 Å². The van der Waals surface area contributed by atoms with Crippen molar-refractivity contribution in [1.29, 1.82) is 0 Å². The highest BCUT2D eigenvalue weighted by Crippen LogP contribution is 2.27. The molecule has 0 unspecified atom stereocenters. The van der Waals surface area contributed by atoms with Gasteiger partial charge >= 0.3 is 0 Å². The summed E-state index contributed by atoms with van der Waals surface area (Å²) >= 11 is 4.83. The molecule has 0 atom stereocenters. The third-order valence-corrected chi connectivity index (χ3v) is 4.60. The lowest BCUT2D eigenvalue weighted by atomic mass is 10.1. The third kappa shape index (κ3) is 3.84. The number of nitro benzene ring substituents is 1. The minimum absolute atomic E-state index is 0.0435. The van der Waals surface area contributed by atoms with E-state index in [0.29, 0.717) is 16.4 Å². The van der Waals surface area contributed by atoms with Gasteiger partial charge in [-0.1, -0.05) is 46.3 Å². The molecule has 0 radical (unpaired) electrons. The van der Waals surface area contributed by atoms with Crippen LogP contribution in [0.15, 0.2) is 63.5 Å². The first-order valence-electron chi connectivity index (χ1n) is 6.87. The molecule has 1 heterocycles. The largest absolute Gasteiger partial charge is 0.270 e. The van der Waals surface area contributed by atoms with Crippen molar-refractivity contribution in [1.82, 2.24) is 4.98 Å². The zero-order chi connectivity index (χ0) is 16.9. The van der Waals surface area contributed by atoms with Gasteiger partial charge in [-0.15, -0.1) is 11.3 Å². The van der Waals surface area contributed by atoms with E-state index in [4.69, 9.17) is 0 Å². The first kappa shape index (κ1) is 16.3. The van der Waals surface area contributed by atoms with Crippen LogP contribution in [0.5, 0.6) is 0 Å². The van der Waals surface area contributed by atoms with Crippen molar-refractivity contribution in [3.05, 3.63) is 74.1 Å². The molecule has 0 saturated carbocycles. The van der Waals surface area contributed by atoms with Crippen LogP contribution in [0.4, 0.5) is 10.8 Å². The first-order valence-corrected chi connectivity index (χ1v) is 8.55.